The number of thioether (sulfide) groups is 4. The van der Waals surface area contributed by atoms with Gasteiger partial charge in [-0.2, -0.15) is 34.0 Å². The van der Waals surface area contributed by atoms with Gasteiger partial charge in [-0.1, -0.05) is 0 Å². The van der Waals surface area contributed by atoms with E-state index in [1.54, 1.807) is 0 Å². The van der Waals surface area contributed by atoms with Gasteiger partial charge in [0.25, 0.3) is 0 Å². The molecule has 0 aliphatic carbocycles. The largest absolute Gasteiger partial charge is 0.192 e. The maximum atomic E-state index is 9.05. The Morgan fingerprint density at radius 3 is 1.59 bits per heavy atom. The van der Waals surface area contributed by atoms with Crippen molar-refractivity contribution >= 4 is 47.0 Å². The summed E-state index contributed by atoms with van der Waals surface area (Å²) in [5.41, 5.74) is 0. The summed E-state index contributed by atoms with van der Waals surface area (Å²) in [6.07, 6.45) is 1.26. The summed E-state index contributed by atoms with van der Waals surface area (Å²) in [7, 11) is 0. The smallest absolute Gasteiger partial charge is 0.109 e. The Kier molecular flexibility index (Phi) is 9.00. The van der Waals surface area contributed by atoms with Crippen molar-refractivity contribution in [1.29, 1.82) is 10.5 Å². The molecule has 0 aromatic carbocycles. The summed E-state index contributed by atoms with van der Waals surface area (Å²) in [5.74, 6) is 6.38. The molecular formula is C11H14N2S4. The van der Waals surface area contributed by atoms with E-state index in [1.807, 2.05) is 23.5 Å². The summed E-state index contributed by atoms with van der Waals surface area (Å²) in [6.45, 7) is 0. The Labute approximate surface area is 120 Å². The highest BCUT2D eigenvalue weighted by Gasteiger charge is 2.08. The normalized spacial score (nSPS) is 24.6. The Morgan fingerprint density at radius 1 is 0.706 bits per heavy atom. The predicted molar refractivity (Wildman–Crippen MR) is 82.4 cm³/mol. The first kappa shape index (κ1) is 15.2. The molecule has 1 aliphatic heterocycles. The maximum Gasteiger partial charge on any atom is 0.109 e. The first-order valence-corrected chi connectivity index (χ1v) is 9.62. The lowest BCUT2D eigenvalue weighted by Crippen LogP contribution is -1.90. The van der Waals surface area contributed by atoms with Crippen molar-refractivity contribution in [2.24, 2.45) is 0 Å². The molecule has 0 bridgehead atoms. The minimum atomic E-state index is 0.599. The van der Waals surface area contributed by atoms with Gasteiger partial charge in [-0.05, 0) is 17.9 Å². The Balaban J connectivity index is 2.60. The monoisotopic (exact) mass is 302 g/mol. The molecule has 92 valence electrons. The zero-order chi connectivity index (χ0) is 12.3. The van der Waals surface area contributed by atoms with Crippen LogP contribution in [0.15, 0.2) is 9.81 Å². The second kappa shape index (κ2) is 10.1. The molecule has 6 heteroatoms. The molecule has 0 unspecified atom stereocenters. The standard InChI is InChI=1S/C11H14N2S4/c12-8-10-11(9-13)17-7-5-15-3-1-2-14-4-6-16-10/h1-7H2/b11-10+. The van der Waals surface area contributed by atoms with Crippen molar-refractivity contribution in [2.45, 2.75) is 6.42 Å². The van der Waals surface area contributed by atoms with Crippen LogP contribution >= 0.6 is 47.0 Å². The number of hydrogen-bond acceptors (Lipinski definition) is 6. The van der Waals surface area contributed by atoms with Crippen LogP contribution in [0.1, 0.15) is 6.42 Å². The van der Waals surface area contributed by atoms with Crippen LogP contribution in [0.3, 0.4) is 0 Å². The topological polar surface area (TPSA) is 47.6 Å². The molecule has 0 radical (unpaired) electrons. The number of nitriles is 2. The van der Waals surface area contributed by atoms with Crippen LogP contribution in [-0.4, -0.2) is 34.5 Å². The van der Waals surface area contributed by atoms with Gasteiger partial charge >= 0.3 is 0 Å². The van der Waals surface area contributed by atoms with Gasteiger partial charge in [0.2, 0.25) is 0 Å². The fourth-order valence-electron chi connectivity index (χ4n) is 1.17. The fourth-order valence-corrected chi connectivity index (χ4v) is 5.31. The first-order chi connectivity index (χ1) is 8.38. The molecule has 0 aromatic heterocycles. The Bertz CT molecular complexity index is 308. The van der Waals surface area contributed by atoms with Crippen LogP contribution in [0, 0.1) is 22.7 Å². The molecule has 0 fully saturated rings. The van der Waals surface area contributed by atoms with E-state index in [-0.39, 0.29) is 0 Å². The molecule has 2 nitrogen and oxygen atoms in total. The number of rotatable bonds is 0. The van der Waals surface area contributed by atoms with Crippen molar-refractivity contribution < 1.29 is 0 Å². The molecule has 17 heavy (non-hydrogen) atoms. The van der Waals surface area contributed by atoms with Crippen LogP contribution in [0.25, 0.3) is 0 Å². The highest BCUT2D eigenvalue weighted by Crippen LogP contribution is 2.28. The van der Waals surface area contributed by atoms with E-state index in [9.17, 15) is 0 Å². The third-order valence-corrected chi connectivity index (χ3v) is 6.71. The van der Waals surface area contributed by atoms with E-state index in [2.05, 4.69) is 12.1 Å². The third kappa shape index (κ3) is 6.57. The van der Waals surface area contributed by atoms with E-state index in [1.165, 1.54) is 41.5 Å². The minimum absolute atomic E-state index is 0.599. The highest BCUT2D eigenvalue weighted by molar-refractivity contribution is 8.08. The van der Waals surface area contributed by atoms with Crippen LogP contribution < -0.4 is 0 Å². The molecule has 1 aliphatic rings. The molecule has 0 amide bonds. The van der Waals surface area contributed by atoms with Gasteiger partial charge in [-0.25, -0.2) is 0 Å². The molecule has 0 atom stereocenters. The zero-order valence-corrected chi connectivity index (χ0v) is 12.7. The molecule has 0 N–H and O–H groups in total. The molecule has 0 saturated carbocycles. The maximum absolute atomic E-state index is 9.05. The average Bonchev–Trinajstić information content (AvgIpc) is 2.38. The van der Waals surface area contributed by atoms with Gasteiger partial charge in [-0.3, -0.25) is 0 Å². The van der Waals surface area contributed by atoms with Crippen LogP contribution in [-0.2, 0) is 0 Å². The van der Waals surface area contributed by atoms with Gasteiger partial charge in [0, 0.05) is 23.0 Å². The molecule has 0 aromatic rings. The van der Waals surface area contributed by atoms with Crippen molar-refractivity contribution in [3.8, 4) is 12.1 Å². The zero-order valence-electron chi connectivity index (χ0n) is 9.48. The highest BCUT2D eigenvalue weighted by atomic mass is 32.2. The predicted octanol–water partition coefficient (Wildman–Crippen LogP) is 3.58. The summed E-state index contributed by atoms with van der Waals surface area (Å²) in [5, 5.41) is 18.1. The SMILES string of the molecule is N#C/C1=C(/C#N)SCCSCCCSCCS1. The molecular weight excluding hydrogens is 288 g/mol. The summed E-state index contributed by atoms with van der Waals surface area (Å²) in [4.78, 5) is 1.20. The quantitative estimate of drug-likeness (QED) is 0.681. The van der Waals surface area contributed by atoms with E-state index in [4.69, 9.17) is 10.5 Å². The molecule has 0 spiro atoms. The van der Waals surface area contributed by atoms with E-state index < -0.39 is 0 Å². The Morgan fingerprint density at radius 2 is 1.18 bits per heavy atom. The van der Waals surface area contributed by atoms with Gasteiger partial charge < -0.3 is 0 Å². The van der Waals surface area contributed by atoms with Crippen molar-refractivity contribution in [3.63, 3.8) is 0 Å². The average molecular weight is 303 g/mol. The molecule has 1 rings (SSSR count). The second-order valence-electron chi connectivity index (χ2n) is 3.16. The van der Waals surface area contributed by atoms with Gasteiger partial charge in [0.1, 0.15) is 21.9 Å². The summed E-state index contributed by atoms with van der Waals surface area (Å²) in [6, 6.07) is 4.31. The number of nitrogens with zero attached hydrogens (tertiary/aromatic N) is 2. The van der Waals surface area contributed by atoms with Crippen molar-refractivity contribution in [2.75, 3.05) is 34.5 Å². The molecule has 1 heterocycles. The third-order valence-electron chi connectivity index (χ3n) is 1.93. The van der Waals surface area contributed by atoms with Crippen LogP contribution in [0.2, 0.25) is 0 Å². The van der Waals surface area contributed by atoms with Gasteiger partial charge in [0.05, 0.1) is 0 Å². The summed E-state index contributed by atoms with van der Waals surface area (Å²) < 4.78 is 0. The lowest BCUT2D eigenvalue weighted by molar-refractivity contribution is 1.12. The van der Waals surface area contributed by atoms with E-state index in [0.29, 0.717) is 9.81 Å². The van der Waals surface area contributed by atoms with Crippen molar-refractivity contribution in [3.05, 3.63) is 9.81 Å². The minimum Gasteiger partial charge on any atom is -0.192 e. The molecule has 0 saturated heterocycles. The van der Waals surface area contributed by atoms with E-state index in [0.717, 1.165) is 23.0 Å². The Hall–Kier alpha value is 0.120. The number of allylic oxidation sites excluding steroid dienone is 2. The van der Waals surface area contributed by atoms with Crippen LogP contribution in [0.5, 0.6) is 0 Å². The fraction of sp³-hybridized carbons (Fsp3) is 0.636. The van der Waals surface area contributed by atoms with Gasteiger partial charge in [-0.15, -0.1) is 23.5 Å². The lowest BCUT2D eigenvalue weighted by atomic mass is 10.5. The van der Waals surface area contributed by atoms with E-state index >= 15 is 0 Å². The first-order valence-electron chi connectivity index (χ1n) is 5.34. The van der Waals surface area contributed by atoms with Crippen molar-refractivity contribution in [1.82, 2.24) is 0 Å². The second-order valence-corrected chi connectivity index (χ2v) is 7.82. The van der Waals surface area contributed by atoms with Crippen LogP contribution in [0.4, 0.5) is 0 Å². The lowest BCUT2D eigenvalue weighted by Gasteiger charge is -2.02. The summed E-state index contributed by atoms with van der Waals surface area (Å²) >= 11 is 6.93. The number of hydrogen-bond donors (Lipinski definition) is 0. The van der Waals surface area contributed by atoms with Gasteiger partial charge in [0.15, 0.2) is 0 Å².